The number of hydrogen-bond donors (Lipinski definition) is 0. The van der Waals surface area contributed by atoms with Crippen LogP contribution >= 0.6 is 9.03 Å². The lowest BCUT2D eigenvalue weighted by molar-refractivity contribution is 0.253. The second kappa shape index (κ2) is 7.18. The molecule has 0 heterocycles. The second-order valence-corrected chi connectivity index (χ2v) is 4.26. The molecule has 2 aromatic rings. The van der Waals surface area contributed by atoms with Crippen molar-refractivity contribution in [2.45, 2.75) is 13.2 Å². The van der Waals surface area contributed by atoms with Gasteiger partial charge < -0.3 is 9.05 Å². The van der Waals surface area contributed by atoms with Crippen LogP contribution in [0.25, 0.3) is 0 Å². The highest BCUT2D eigenvalue weighted by Gasteiger charge is 1.95. The smallest absolute Gasteiger partial charge is 0.257 e. The Hall–Kier alpha value is -1.21. The summed E-state index contributed by atoms with van der Waals surface area (Å²) in [7, 11) is 0.563. The Balaban J connectivity index is 1.61. The summed E-state index contributed by atoms with van der Waals surface area (Å²) < 4.78 is 10.8. The summed E-state index contributed by atoms with van der Waals surface area (Å²) >= 11 is 0. The predicted molar refractivity (Wildman–Crippen MR) is 69.4 cm³/mol. The first-order valence-corrected chi connectivity index (χ1v) is 6.20. The molecule has 0 aromatic heterocycles. The molecule has 0 bridgehead atoms. The van der Waals surface area contributed by atoms with Crippen molar-refractivity contribution in [1.82, 2.24) is 0 Å². The van der Waals surface area contributed by atoms with Crippen molar-refractivity contribution >= 4 is 9.03 Å². The van der Waals surface area contributed by atoms with Crippen molar-refractivity contribution in [2.24, 2.45) is 0 Å². The van der Waals surface area contributed by atoms with Crippen LogP contribution in [0.1, 0.15) is 11.1 Å². The van der Waals surface area contributed by atoms with E-state index >= 15 is 0 Å². The molecule has 0 atom stereocenters. The summed E-state index contributed by atoms with van der Waals surface area (Å²) in [4.78, 5) is 0. The summed E-state index contributed by atoms with van der Waals surface area (Å²) in [5.41, 5.74) is 2.31. The van der Waals surface area contributed by atoms with Gasteiger partial charge >= 0.3 is 0 Å². The van der Waals surface area contributed by atoms with Crippen molar-refractivity contribution in [3.05, 3.63) is 71.8 Å². The Bertz CT molecular complexity index is 375. The Morgan fingerprint density at radius 3 is 1.47 bits per heavy atom. The molecule has 2 aromatic carbocycles. The molecule has 2 rings (SSSR count). The van der Waals surface area contributed by atoms with E-state index in [-0.39, 0.29) is 0 Å². The fourth-order valence-electron chi connectivity index (χ4n) is 1.39. The number of hydrogen-bond acceptors (Lipinski definition) is 2. The van der Waals surface area contributed by atoms with Crippen LogP contribution in [0.15, 0.2) is 60.7 Å². The van der Waals surface area contributed by atoms with Gasteiger partial charge in [-0.05, 0) is 11.1 Å². The molecule has 0 aliphatic carbocycles. The lowest BCUT2D eigenvalue weighted by Crippen LogP contribution is -1.87. The zero-order valence-electron chi connectivity index (χ0n) is 9.45. The van der Waals surface area contributed by atoms with Gasteiger partial charge in [0.15, 0.2) is 0 Å². The highest BCUT2D eigenvalue weighted by atomic mass is 31.1. The van der Waals surface area contributed by atoms with Gasteiger partial charge in [0.1, 0.15) is 0 Å². The van der Waals surface area contributed by atoms with Crippen molar-refractivity contribution in [3.8, 4) is 0 Å². The van der Waals surface area contributed by atoms with Gasteiger partial charge in [-0.3, -0.25) is 0 Å². The minimum Gasteiger partial charge on any atom is -0.323 e. The van der Waals surface area contributed by atoms with Crippen LogP contribution in [0.2, 0.25) is 0 Å². The highest BCUT2D eigenvalue weighted by Crippen LogP contribution is 2.19. The molecular formula is C14H14O2P. The van der Waals surface area contributed by atoms with Gasteiger partial charge in [0.2, 0.25) is 0 Å². The zero-order valence-corrected chi connectivity index (χ0v) is 10.3. The first kappa shape index (κ1) is 12.3. The molecule has 0 N–H and O–H groups in total. The van der Waals surface area contributed by atoms with Crippen LogP contribution in [0.4, 0.5) is 0 Å². The van der Waals surface area contributed by atoms with Crippen LogP contribution in [0.3, 0.4) is 0 Å². The van der Waals surface area contributed by atoms with Crippen molar-refractivity contribution in [1.29, 1.82) is 0 Å². The van der Waals surface area contributed by atoms with Gasteiger partial charge in [0.25, 0.3) is 9.03 Å². The van der Waals surface area contributed by atoms with Crippen LogP contribution < -0.4 is 0 Å². The SMILES string of the molecule is c1ccc(CO[P]OCc2ccccc2)cc1. The summed E-state index contributed by atoms with van der Waals surface area (Å²) in [5, 5.41) is 0. The molecule has 3 heteroatoms. The van der Waals surface area contributed by atoms with Gasteiger partial charge in [-0.25, -0.2) is 0 Å². The Labute approximate surface area is 104 Å². The standard InChI is InChI=1S/C14H14O2P/c1-3-7-13(8-4-1)11-15-17-16-12-14-9-5-2-6-10-14/h1-10H,11-12H2. The molecule has 0 spiro atoms. The third-order valence-electron chi connectivity index (χ3n) is 2.25. The van der Waals surface area contributed by atoms with E-state index in [0.29, 0.717) is 22.2 Å². The average Bonchev–Trinajstić information content (AvgIpc) is 2.41. The van der Waals surface area contributed by atoms with Gasteiger partial charge in [0, 0.05) is 0 Å². The number of rotatable bonds is 6. The zero-order chi connectivity index (χ0) is 11.8. The van der Waals surface area contributed by atoms with Gasteiger partial charge in [-0.15, -0.1) is 0 Å². The fraction of sp³-hybridized carbons (Fsp3) is 0.143. The van der Waals surface area contributed by atoms with Crippen LogP contribution in [-0.2, 0) is 22.3 Å². The first-order valence-electron chi connectivity index (χ1n) is 5.47. The summed E-state index contributed by atoms with van der Waals surface area (Å²) in [6.45, 7) is 1.16. The Kier molecular flexibility index (Phi) is 5.18. The van der Waals surface area contributed by atoms with Crippen molar-refractivity contribution < 1.29 is 9.05 Å². The van der Waals surface area contributed by atoms with E-state index in [2.05, 4.69) is 0 Å². The maximum absolute atomic E-state index is 5.39. The van der Waals surface area contributed by atoms with Crippen molar-refractivity contribution in [3.63, 3.8) is 0 Å². The van der Waals surface area contributed by atoms with E-state index in [1.165, 1.54) is 0 Å². The minimum absolute atomic E-state index is 0.563. The van der Waals surface area contributed by atoms with Gasteiger partial charge in [0.05, 0.1) is 13.2 Å². The Morgan fingerprint density at radius 2 is 1.06 bits per heavy atom. The quantitative estimate of drug-likeness (QED) is 0.561. The molecular weight excluding hydrogens is 231 g/mol. The molecule has 1 radical (unpaired) electrons. The average molecular weight is 245 g/mol. The van der Waals surface area contributed by atoms with Crippen LogP contribution in [-0.4, -0.2) is 0 Å². The molecule has 0 aliphatic heterocycles. The maximum atomic E-state index is 5.39. The van der Waals surface area contributed by atoms with Gasteiger partial charge in [-0.2, -0.15) is 0 Å². The van der Waals surface area contributed by atoms with Crippen LogP contribution in [0.5, 0.6) is 0 Å². The monoisotopic (exact) mass is 245 g/mol. The van der Waals surface area contributed by atoms with Gasteiger partial charge in [-0.1, -0.05) is 60.7 Å². The predicted octanol–water partition coefficient (Wildman–Crippen LogP) is 4.20. The highest BCUT2D eigenvalue weighted by molar-refractivity contribution is 7.26. The van der Waals surface area contributed by atoms with E-state index < -0.39 is 0 Å². The van der Waals surface area contributed by atoms with E-state index in [0.717, 1.165) is 11.1 Å². The fourth-order valence-corrected chi connectivity index (χ4v) is 1.87. The molecule has 2 nitrogen and oxygen atoms in total. The van der Waals surface area contributed by atoms with E-state index in [1.54, 1.807) is 0 Å². The Morgan fingerprint density at radius 1 is 0.647 bits per heavy atom. The van der Waals surface area contributed by atoms with Crippen molar-refractivity contribution in [2.75, 3.05) is 0 Å². The molecule has 87 valence electrons. The van der Waals surface area contributed by atoms with Crippen LogP contribution in [0, 0.1) is 0 Å². The third kappa shape index (κ3) is 4.66. The normalized spacial score (nSPS) is 10.4. The third-order valence-corrected chi connectivity index (χ3v) is 2.72. The second-order valence-electron chi connectivity index (χ2n) is 3.59. The molecule has 0 saturated carbocycles. The summed E-state index contributed by atoms with van der Waals surface area (Å²) in [5.74, 6) is 0. The van der Waals surface area contributed by atoms with E-state index in [1.807, 2.05) is 60.7 Å². The molecule has 0 fully saturated rings. The number of benzene rings is 2. The lowest BCUT2D eigenvalue weighted by atomic mass is 10.2. The largest absolute Gasteiger partial charge is 0.323 e. The molecule has 0 saturated heterocycles. The lowest BCUT2D eigenvalue weighted by Gasteiger charge is -2.03. The summed E-state index contributed by atoms with van der Waals surface area (Å²) in [6, 6.07) is 20.1. The summed E-state index contributed by atoms with van der Waals surface area (Å²) in [6.07, 6.45) is 0. The minimum atomic E-state index is 0.563. The molecule has 0 unspecified atom stereocenters. The van der Waals surface area contributed by atoms with E-state index in [4.69, 9.17) is 9.05 Å². The molecule has 17 heavy (non-hydrogen) atoms. The molecule has 0 aliphatic rings. The van der Waals surface area contributed by atoms with E-state index in [9.17, 15) is 0 Å². The first-order chi connectivity index (χ1) is 8.45. The molecule has 0 amide bonds. The maximum Gasteiger partial charge on any atom is 0.257 e. The topological polar surface area (TPSA) is 18.5 Å².